The number of phenols is 1. The topological polar surface area (TPSA) is 84.1 Å². The summed E-state index contributed by atoms with van der Waals surface area (Å²) in [5.41, 5.74) is 1.77. The highest BCUT2D eigenvalue weighted by atomic mass is 16.5. The molecular formula is C15H14N4O2. The zero-order chi connectivity index (χ0) is 14.5. The molecule has 0 aliphatic carbocycles. The molecule has 106 valence electrons. The summed E-state index contributed by atoms with van der Waals surface area (Å²) in [6, 6.07) is 12.5. The Bertz CT molecular complexity index is 695. The van der Waals surface area contributed by atoms with E-state index in [1.54, 1.807) is 30.5 Å². The molecule has 0 atom stereocenters. The molecule has 0 unspecified atom stereocenters. The summed E-state index contributed by atoms with van der Waals surface area (Å²) in [4.78, 5) is 8.53. The summed E-state index contributed by atoms with van der Waals surface area (Å²) in [6.07, 6.45) is 2.28. The van der Waals surface area contributed by atoms with Crippen LogP contribution < -0.4 is 5.32 Å². The third kappa shape index (κ3) is 3.56. The Hall–Kier alpha value is -2.89. The minimum Gasteiger partial charge on any atom is -0.508 e. The molecule has 2 aromatic heterocycles. The van der Waals surface area contributed by atoms with E-state index in [1.165, 1.54) is 0 Å². The predicted octanol–water partition coefficient (Wildman–Crippen LogP) is 2.37. The maximum absolute atomic E-state index is 9.21. The van der Waals surface area contributed by atoms with E-state index >= 15 is 0 Å². The third-order valence-corrected chi connectivity index (χ3v) is 2.89. The van der Waals surface area contributed by atoms with Crippen LogP contribution in [0, 0.1) is 0 Å². The fourth-order valence-corrected chi connectivity index (χ4v) is 1.86. The Labute approximate surface area is 121 Å². The number of hydrogen-bond acceptors (Lipinski definition) is 6. The van der Waals surface area contributed by atoms with Gasteiger partial charge < -0.3 is 14.9 Å². The van der Waals surface area contributed by atoms with Gasteiger partial charge in [0.15, 0.2) is 5.82 Å². The van der Waals surface area contributed by atoms with Crippen molar-refractivity contribution in [1.82, 2.24) is 15.1 Å². The number of benzene rings is 1. The maximum atomic E-state index is 9.21. The average molecular weight is 282 g/mol. The lowest BCUT2D eigenvalue weighted by atomic mass is 10.2. The first-order valence-electron chi connectivity index (χ1n) is 6.54. The van der Waals surface area contributed by atoms with Gasteiger partial charge in [-0.25, -0.2) is 0 Å². The largest absolute Gasteiger partial charge is 0.508 e. The fraction of sp³-hybridized carbons (Fsp3) is 0.133. The van der Waals surface area contributed by atoms with Crippen molar-refractivity contribution >= 4 is 5.69 Å². The molecule has 0 aliphatic rings. The summed E-state index contributed by atoms with van der Waals surface area (Å²) in [7, 11) is 0. The highest BCUT2D eigenvalue weighted by molar-refractivity contribution is 5.45. The molecule has 6 nitrogen and oxygen atoms in total. The molecule has 0 saturated heterocycles. The van der Waals surface area contributed by atoms with Crippen molar-refractivity contribution < 1.29 is 9.63 Å². The van der Waals surface area contributed by atoms with Gasteiger partial charge in [-0.2, -0.15) is 4.98 Å². The number of rotatable bonds is 5. The van der Waals surface area contributed by atoms with Gasteiger partial charge in [0.25, 0.3) is 0 Å². The molecule has 0 spiro atoms. The lowest BCUT2D eigenvalue weighted by Crippen LogP contribution is -2.00. The average Bonchev–Trinajstić information content (AvgIpc) is 2.95. The van der Waals surface area contributed by atoms with Crippen LogP contribution in [0.25, 0.3) is 0 Å². The second-order valence-electron chi connectivity index (χ2n) is 4.50. The standard InChI is InChI=1S/C15H14N4O2/c20-13-6-4-11(5-7-13)17-10-15-18-14(19-21-15)9-12-3-1-2-8-16-12/h1-8,17,20H,9-10H2. The normalized spacial score (nSPS) is 10.5. The maximum Gasteiger partial charge on any atom is 0.245 e. The minimum absolute atomic E-state index is 0.232. The minimum atomic E-state index is 0.232. The van der Waals surface area contributed by atoms with Crippen LogP contribution in [-0.2, 0) is 13.0 Å². The smallest absolute Gasteiger partial charge is 0.245 e. The van der Waals surface area contributed by atoms with Crippen molar-refractivity contribution in [2.45, 2.75) is 13.0 Å². The van der Waals surface area contributed by atoms with Crippen molar-refractivity contribution in [2.75, 3.05) is 5.32 Å². The van der Waals surface area contributed by atoms with Crippen LogP contribution in [0.2, 0.25) is 0 Å². The van der Waals surface area contributed by atoms with Gasteiger partial charge in [-0.15, -0.1) is 0 Å². The number of hydrogen-bond donors (Lipinski definition) is 2. The number of aromatic nitrogens is 3. The molecule has 21 heavy (non-hydrogen) atoms. The first kappa shape index (κ1) is 13.1. The second kappa shape index (κ2) is 6.04. The molecule has 2 heterocycles. The highest BCUT2D eigenvalue weighted by Crippen LogP contribution is 2.14. The van der Waals surface area contributed by atoms with E-state index in [4.69, 9.17) is 4.52 Å². The van der Waals surface area contributed by atoms with Crippen LogP contribution in [0.4, 0.5) is 5.69 Å². The van der Waals surface area contributed by atoms with Gasteiger partial charge in [-0.1, -0.05) is 11.2 Å². The van der Waals surface area contributed by atoms with E-state index in [1.807, 2.05) is 18.2 Å². The summed E-state index contributed by atoms with van der Waals surface area (Å²) in [5.74, 6) is 1.35. The quantitative estimate of drug-likeness (QED) is 0.699. The molecule has 3 aromatic rings. The van der Waals surface area contributed by atoms with Crippen LogP contribution >= 0.6 is 0 Å². The zero-order valence-electron chi connectivity index (χ0n) is 11.2. The number of anilines is 1. The van der Waals surface area contributed by atoms with Crippen molar-refractivity contribution in [3.8, 4) is 5.75 Å². The van der Waals surface area contributed by atoms with Crippen molar-refractivity contribution in [3.05, 3.63) is 66.1 Å². The Morgan fingerprint density at radius 3 is 2.71 bits per heavy atom. The third-order valence-electron chi connectivity index (χ3n) is 2.89. The molecule has 6 heteroatoms. The Morgan fingerprint density at radius 1 is 1.10 bits per heavy atom. The summed E-state index contributed by atoms with van der Waals surface area (Å²) < 4.78 is 5.18. The number of pyridine rings is 1. The van der Waals surface area contributed by atoms with E-state index in [0.717, 1.165) is 11.4 Å². The van der Waals surface area contributed by atoms with Crippen molar-refractivity contribution in [3.63, 3.8) is 0 Å². The van der Waals surface area contributed by atoms with Gasteiger partial charge in [-0.05, 0) is 36.4 Å². The van der Waals surface area contributed by atoms with Gasteiger partial charge in [0.1, 0.15) is 5.75 Å². The van der Waals surface area contributed by atoms with Crippen LogP contribution in [0.3, 0.4) is 0 Å². The Morgan fingerprint density at radius 2 is 1.95 bits per heavy atom. The molecule has 3 rings (SSSR count). The van der Waals surface area contributed by atoms with Crippen LogP contribution in [-0.4, -0.2) is 20.2 Å². The molecule has 0 saturated carbocycles. The van der Waals surface area contributed by atoms with Gasteiger partial charge in [-0.3, -0.25) is 4.98 Å². The van der Waals surface area contributed by atoms with Gasteiger partial charge in [0.2, 0.25) is 5.89 Å². The number of nitrogens with zero attached hydrogens (tertiary/aromatic N) is 3. The monoisotopic (exact) mass is 282 g/mol. The molecular weight excluding hydrogens is 268 g/mol. The van der Waals surface area contributed by atoms with E-state index in [0.29, 0.717) is 24.7 Å². The first-order valence-corrected chi connectivity index (χ1v) is 6.54. The second-order valence-corrected chi connectivity index (χ2v) is 4.50. The summed E-state index contributed by atoms with van der Waals surface area (Å²) in [6.45, 7) is 0.431. The lowest BCUT2D eigenvalue weighted by molar-refractivity contribution is 0.378. The predicted molar refractivity (Wildman–Crippen MR) is 76.8 cm³/mol. The Kier molecular flexibility index (Phi) is 3.77. The van der Waals surface area contributed by atoms with Gasteiger partial charge >= 0.3 is 0 Å². The summed E-state index contributed by atoms with van der Waals surface area (Å²) in [5, 5.41) is 16.3. The highest BCUT2D eigenvalue weighted by Gasteiger charge is 2.07. The van der Waals surface area contributed by atoms with Crippen molar-refractivity contribution in [1.29, 1.82) is 0 Å². The van der Waals surface area contributed by atoms with Crippen LogP contribution in [0.1, 0.15) is 17.4 Å². The van der Waals surface area contributed by atoms with E-state index in [-0.39, 0.29) is 5.75 Å². The molecule has 1 aromatic carbocycles. The number of aromatic hydroxyl groups is 1. The first-order chi connectivity index (χ1) is 10.3. The molecule has 0 radical (unpaired) electrons. The van der Waals surface area contributed by atoms with Crippen molar-refractivity contribution in [2.24, 2.45) is 0 Å². The zero-order valence-corrected chi connectivity index (χ0v) is 11.2. The molecule has 0 amide bonds. The summed E-state index contributed by atoms with van der Waals surface area (Å²) >= 11 is 0. The molecule has 0 fully saturated rings. The lowest BCUT2D eigenvalue weighted by Gasteiger charge is -2.02. The van der Waals surface area contributed by atoms with E-state index in [9.17, 15) is 5.11 Å². The molecule has 2 N–H and O–H groups in total. The fourth-order valence-electron chi connectivity index (χ4n) is 1.86. The number of nitrogens with one attached hydrogen (secondary N) is 1. The number of phenolic OH excluding ortho intramolecular Hbond substituents is 1. The van der Waals surface area contributed by atoms with E-state index in [2.05, 4.69) is 20.4 Å². The molecule has 0 aliphatic heterocycles. The van der Waals surface area contributed by atoms with Gasteiger partial charge in [0.05, 0.1) is 13.0 Å². The van der Waals surface area contributed by atoms with Crippen LogP contribution in [0.5, 0.6) is 5.75 Å². The SMILES string of the molecule is Oc1ccc(NCc2nc(Cc3ccccn3)no2)cc1. The van der Waals surface area contributed by atoms with Crippen LogP contribution in [0.15, 0.2) is 53.2 Å². The molecule has 0 bridgehead atoms. The van der Waals surface area contributed by atoms with E-state index < -0.39 is 0 Å². The van der Waals surface area contributed by atoms with Gasteiger partial charge in [0, 0.05) is 17.6 Å². The Balaban J connectivity index is 1.59.